The molecule has 0 radical (unpaired) electrons. The Kier molecular flexibility index (Phi) is 3.44. The predicted molar refractivity (Wildman–Crippen MR) is 77.5 cm³/mol. The molecule has 0 fully saturated rings. The van der Waals surface area contributed by atoms with Crippen molar-refractivity contribution in [3.63, 3.8) is 0 Å². The molecular formula is C15H19NOS. The van der Waals surface area contributed by atoms with Crippen LogP contribution in [0.1, 0.15) is 31.2 Å². The number of hydrogen-bond acceptors (Lipinski definition) is 3. The molecule has 0 aliphatic carbocycles. The monoisotopic (exact) mass is 261 g/mol. The van der Waals surface area contributed by atoms with E-state index in [2.05, 4.69) is 44.8 Å². The molecule has 0 aliphatic rings. The van der Waals surface area contributed by atoms with Crippen LogP contribution in [0.15, 0.2) is 23.7 Å². The van der Waals surface area contributed by atoms with Crippen molar-refractivity contribution in [3.8, 4) is 17.0 Å². The van der Waals surface area contributed by atoms with Gasteiger partial charge in [0.15, 0.2) is 0 Å². The van der Waals surface area contributed by atoms with Gasteiger partial charge in [0.2, 0.25) is 0 Å². The molecule has 0 unspecified atom stereocenters. The van der Waals surface area contributed by atoms with Crippen molar-refractivity contribution in [2.45, 2.75) is 33.1 Å². The zero-order valence-electron chi connectivity index (χ0n) is 11.6. The molecule has 1 aromatic heterocycles. The highest BCUT2D eigenvalue weighted by Gasteiger charge is 2.18. The summed E-state index contributed by atoms with van der Waals surface area (Å²) in [5, 5.41) is 0. The third-order valence-electron chi connectivity index (χ3n) is 3.07. The summed E-state index contributed by atoms with van der Waals surface area (Å²) in [5.74, 6) is 0.886. The van der Waals surface area contributed by atoms with Crippen LogP contribution >= 0.6 is 11.3 Å². The third kappa shape index (κ3) is 2.41. The number of ether oxygens (including phenoxy) is 1. The Bertz CT molecular complexity index is 552. The maximum Gasteiger partial charge on any atom is 0.128 e. The minimum Gasteiger partial charge on any atom is -0.496 e. The van der Waals surface area contributed by atoms with Gasteiger partial charge in [-0.05, 0) is 30.0 Å². The lowest BCUT2D eigenvalue weighted by atomic mass is 9.85. The first-order chi connectivity index (χ1) is 8.43. The molecule has 0 saturated carbocycles. The molecular weight excluding hydrogens is 242 g/mol. The average molecular weight is 261 g/mol. The van der Waals surface area contributed by atoms with Crippen molar-refractivity contribution in [2.75, 3.05) is 7.11 Å². The van der Waals surface area contributed by atoms with Gasteiger partial charge in [0.1, 0.15) is 5.75 Å². The quantitative estimate of drug-likeness (QED) is 0.798. The summed E-state index contributed by atoms with van der Waals surface area (Å²) in [6.45, 7) is 8.74. The van der Waals surface area contributed by atoms with E-state index in [1.807, 2.05) is 11.6 Å². The summed E-state index contributed by atoms with van der Waals surface area (Å²) in [7, 11) is 1.71. The molecule has 3 heteroatoms. The van der Waals surface area contributed by atoms with Crippen LogP contribution in [0.25, 0.3) is 11.3 Å². The fourth-order valence-corrected chi connectivity index (χ4v) is 2.51. The number of methoxy groups -OCH3 is 1. The van der Waals surface area contributed by atoms with Crippen LogP contribution in [0.2, 0.25) is 0 Å². The van der Waals surface area contributed by atoms with Crippen molar-refractivity contribution in [3.05, 3.63) is 34.2 Å². The number of benzene rings is 1. The van der Waals surface area contributed by atoms with E-state index >= 15 is 0 Å². The Morgan fingerprint density at radius 1 is 1.22 bits per heavy atom. The highest BCUT2D eigenvalue weighted by Crippen LogP contribution is 2.36. The molecule has 2 aromatic rings. The number of rotatable bonds is 2. The number of nitrogens with zero attached hydrogens (tertiary/aromatic N) is 1. The van der Waals surface area contributed by atoms with Gasteiger partial charge in [0, 0.05) is 10.4 Å². The molecule has 1 aromatic carbocycles. The van der Waals surface area contributed by atoms with Gasteiger partial charge in [-0.15, -0.1) is 11.3 Å². The van der Waals surface area contributed by atoms with Gasteiger partial charge in [-0.2, -0.15) is 0 Å². The summed E-state index contributed by atoms with van der Waals surface area (Å²) >= 11 is 1.67. The summed E-state index contributed by atoms with van der Waals surface area (Å²) in [6.07, 6.45) is 0. The summed E-state index contributed by atoms with van der Waals surface area (Å²) in [4.78, 5) is 5.68. The molecule has 96 valence electrons. The number of thiazole rings is 1. The lowest BCUT2D eigenvalue weighted by molar-refractivity contribution is 0.415. The standard InChI is InChI=1S/C15H19NOS/c1-10-14(16-9-18-10)12-8-11(15(2,3)4)6-7-13(12)17-5/h6-9H,1-5H3. The number of hydrogen-bond donors (Lipinski definition) is 0. The van der Waals surface area contributed by atoms with E-state index in [-0.39, 0.29) is 5.41 Å². The summed E-state index contributed by atoms with van der Waals surface area (Å²) < 4.78 is 5.46. The zero-order valence-corrected chi connectivity index (χ0v) is 12.4. The fraction of sp³-hybridized carbons (Fsp3) is 0.400. The lowest BCUT2D eigenvalue weighted by Crippen LogP contribution is -2.11. The summed E-state index contributed by atoms with van der Waals surface area (Å²) in [5.41, 5.74) is 5.43. The number of aryl methyl sites for hydroxylation is 1. The van der Waals surface area contributed by atoms with Gasteiger partial charge < -0.3 is 4.74 Å². The van der Waals surface area contributed by atoms with E-state index in [1.165, 1.54) is 10.4 Å². The van der Waals surface area contributed by atoms with E-state index in [0.29, 0.717) is 0 Å². The van der Waals surface area contributed by atoms with Crippen LogP contribution in [0.4, 0.5) is 0 Å². The fourth-order valence-electron chi connectivity index (χ4n) is 1.92. The SMILES string of the molecule is COc1ccc(C(C)(C)C)cc1-c1ncsc1C. The van der Waals surface area contributed by atoms with E-state index < -0.39 is 0 Å². The van der Waals surface area contributed by atoms with Crippen molar-refractivity contribution < 1.29 is 4.74 Å². The van der Waals surface area contributed by atoms with Gasteiger partial charge in [0.25, 0.3) is 0 Å². The van der Waals surface area contributed by atoms with Gasteiger partial charge in [-0.1, -0.05) is 26.8 Å². The van der Waals surface area contributed by atoms with Crippen LogP contribution in [-0.4, -0.2) is 12.1 Å². The second kappa shape index (κ2) is 4.73. The van der Waals surface area contributed by atoms with Gasteiger partial charge >= 0.3 is 0 Å². The van der Waals surface area contributed by atoms with Crippen LogP contribution < -0.4 is 4.74 Å². The highest BCUT2D eigenvalue weighted by atomic mass is 32.1. The molecule has 0 aliphatic heterocycles. The maximum atomic E-state index is 5.46. The first-order valence-electron chi connectivity index (χ1n) is 6.02. The van der Waals surface area contributed by atoms with E-state index in [1.54, 1.807) is 18.4 Å². The molecule has 0 N–H and O–H groups in total. The molecule has 2 rings (SSSR count). The molecule has 1 heterocycles. The maximum absolute atomic E-state index is 5.46. The topological polar surface area (TPSA) is 22.1 Å². The third-order valence-corrected chi connectivity index (χ3v) is 3.82. The first-order valence-corrected chi connectivity index (χ1v) is 6.90. The molecule has 0 atom stereocenters. The minimum absolute atomic E-state index is 0.130. The first kappa shape index (κ1) is 13.1. The normalized spacial score (nSPS) is 11.6. The Morgan fingerprint density at radius 2 is 1.94 bits per heavy atom. The van der Waals surface area contributed by atoms with E-state index in [0.717, 1.165) is 17.0 Å². The van der Waals surface area contributed by atoms with Crippen LogP contribution in [-0.2, 0) is 5.41 Å². The Balaban J connectivity index is 2.61. The molecule has 0 amide bonds. The number of aromatic nitrogens is 1. The van der Waals surface area contributed by atoms with Crippen molar-refractivity contribution >= 4 is 11.3 Å². The van der Waals surface area contributed by atoms with Crippen LogP contribution in [0.3, 0.4) is 0 Å². The lowest BCUT2D eigenvalue weighted by Gasteiger charge is -2.20. The van der Waals surface area contributed by atoms with E-state index in [9.17, 15) is 0 Å². The average Bonchev–Trinajstić information content (AvgIpc) is 2.73. The minimum atomic E-state index is 0.130. The van der Waals surface area contributed by atoms with E-state index in [4.69, 9.17) is 4.74 Å². The highest BCUT2D eigenvalue weighted by molar-refractivity contribution is 7.10. The zero-order chi connectivity index (χ0) is 13.3. The van der Waals surface area contributed by atoms with Crippen molar-refractivity contribution in [2.24, 2.45) is 0 Å². The largest absolute Gasteiger partial charge is 0.496 e. The molecule has 18 heavy (non-hydrogen) atoms. The van der Waals surface area contributed by atoms with Crippen molar-refractivity contribution in [1.82, 2.24) is 4.98 Å². The predicted octanol–water partition coefficient (Wildman–Crippen LogP) is 4.42. The molecule has 0 spiro atoms. The van der Waals surface area contributed by atoms with Crippen LogP contribution in [0.5, 0.6) is 5.75 Å². The van der Waals surface area contributed by atoms with Crippen LogP contribution in [0, 0.1) is 6.92 Å². The molecule has 0 bridgehead atoms. The summed E-state index contributed by atoms with van der Waals surface area (Å²) in [6, 6.07) is 6.36. The Morgan fingerprint density at radius 3 is 2.44 bits per heavy atom. The Labute approximate surface area is 113 Å². The second-order valence-corrected chi connectivity index (χ2v) is 6.48. The van der Waals surface area contributed by atoms with Gasteiger partial charge in [-0.3, -0.25) is 0 Å². The molecule has 2 nitrogen and oxygen atoms in total. The van der Waals surface area contributed by atoms with Crippen molar-refractivity contribution in [1.29, 1.82) is 0 Å². The smallest absolute Gasteiger partial charge is 0.128 e. The second-order valence-electron chi connectivity index (χ2n) is 5.42. The Hall–Kier alpha value is -1.35. The van der Waals surface area contributed by atoms with Gasteiger partial charge in [0.05, 0.1) is 18.3 Å². The molecule has 0 saturated heterocycles. The van der Waals surface area contributed by atoms with Gasteiger partial charge in [-0.25, -0.2) is 4.98 Å².